The van der Waals surface area contributed by atoms with Crippen molar-refractivity contribution in [1.82, 2.24) is 10.6 Å². The second kappa shape index (κ2) is 6.80. The zero-order valence-corrected chi connectivity index (χ0v) is 14.0. The van der Waals surface area contributed by atoms with E-state index in [1.54, 1.807) is 0 Å². The van der Waals surface area contributed by atoms with E-state index in [-0.39, 0.29) is 11.3 Å². The lowest BCUT2D eigenvalue weighted by molar-refractivity contribution is -0.126. The van der Waals surface area contributed by atoms with E-state index in [0.717, 1.165) is 25.7 Å². The smallest absolute Gasteiger partial charge is 0.239 e. The summed E-state index contributed by atoms with van der Waals surface area (Å²) in [6.45, 7) is 4.47. The van der Waals surface area contributed by atoms with Crippen molar-refractivity contribution < 1.29 is 4.79 Å². The van der Waals surface area contributed by atoms with Crippen molar-refractivity contribution in [1.29, 1.82) is 0 Å². The van der Waals surface area contributed by atoms with Crippen molar-refractivity contribution in [2.45, 2.75) is 56.5 Å². The molecule has 22 heavy (non-hydrogen) atoms. The second-order valence-corrected chi connectivity index (χ2v) is 7.04. The SMILES string of the molecule is CNC(C)(C)C(=O)NCC1(c2ccccc2)CCC(N)CC1. The molecule has 1 aromatic rings. The van der Waals surface area contributed by atoms with Crippen LogP contribution in [0.3, 0.4) is 0 Å². The molecule has 2 rings (SSSR count). The molecule has 1 fully saturated rings. The summed E-state index contributed by atoms with van der Waals surface area (Å²) < 4.78 is 0. The minimum Gasteiger partial charge on any atom is -0.354 e. The highest BCUT2D eigenvalue weighted by Crippen LogP contribution is 2.38. The quantitative estimate of drug-likeness (QED) is 0.779. The minimum atomic E-state index is -0.553. The van der Waals surface area contributed by atoms with Crippen LogP contribution in [0.4, 0.5) is 0 Å². The highest BCUT2D eigenvalue weighted by atomic mass is 16.2. The number of carbonyl (C=O) groups is 1. The van der Waals surface area contributed by atoms with Crippen LogP contribution in [0.1, 0.15) is 45.1 Å². The third-order valence-corrected chi connectivity index (χ3v) is 5.15. The zero-order chi connectivity index (χ0) is 16.2. The number of rotatable bonds is 5. The van der Waals surface area contributed by atoms with Gasteiger partial charge >= 0.3 is 0 Å². The number of benzene rings is 1. The van der Waals surface area contributed by atoms with Gasteiger partial charge in [-0.3, -0.25) is 4.79 Å². The summed E-state index contributed by atoms with van der Waals surface area (Å²) in [7, 11) is 1.81. The molecule has 0 spiro atoms. The van der Waals surface area contributed by atoms with Gasteiger partial charge in [-0.05, 0) is 52.1 Å². The van der Waals surface area contributed by atoms with E-state index < -0.39 is 5.54 Å². The third-order valence-electron chi connectivity index (χ3n) is 5.15. The summed E-state index contributed by atoms with van der Waals surface area (Å²) in [6, 6.07) is 10.8. The lowest BCUT2D eigenvalue weighted by atomic mass is 9.68. The van der Waals surface area contributed by atoms with E-state index in [2.05, 4.69) is 34.9 Å². The molecule has 0 heterocycles. The molecule has 0 radical (unpaired) electrons. The van der Waals surface area contributed by atoms with Gasteiger partial charge in [0.15, 0.2) is 0 Å². The lowest BCUT2D eigenvalue weighted by Crippen LogP contribution is -2.54. The Kier molecular flexibility index (Phi) is 5.24. The Hall–Kier alpha value is -1.39. The van der Waals surface area contributed by atoms with E-state index in [1.807, 2.05) is 27.0 Å². The summed E-state index contributed by atoms with van der Waals surface area (Å²) >= 11 is 0. The molecule has 1 saturated carbocycles. The van der Waals surface area contributed by atoms with E-state index in [1.165, 1.54) is 5.56 Å². The molecule has 0 saturated heterocycles. The molecule has 0 unspecified atom stereocenters. The van der Waals surface area contributed by atoms with E-state index in [4.69, 9.17) is 5.73 Å². The first-order valence-electron chi connectivity index (χ1n) is 8.18. The number of likely N-dealkylation sites (N-methyl/N-ethyl adjacent to an activating group) is 1. The molecule has 4 heteroatoms. The molecule has 1 aromatic carbocycles. The van der Waals surface area contributed by atoms with Crippen molar-refractivity contribution in [3.05, 3.63) is 35.9 Å². The first-order valence-corrected chi connectivity index (χ1v) is 8.18. The van der Waals surface area contributed by atoms with Crippen LogP contribution < -0.4 is 16.4 Å². The fourth-order valence-electron chi connectivity index (χ4n) is 3.14. The number of nitrogens with two attached hydrogens (primary N) is 1. The Morgan fingerprint density at radius 2 is 1.86 bits per heavy atom. The van der Waals surface area contributed by atoms with Gasteiger partial charge in [0, 0.05) is 18.0 Å². The maximum absolute atomic E-state index is 12.4. The Labute approximate surface area is 133 Å². The normalized spacial score (nSPS) is 25.7. The molecule has 122 valence electrons. The van der Waals surface area contributed by atoms with Crippen molar-refractivity contribution in [3.8, 4) is 0 Å². The van der Waals surface area contributed by atoms with Crippen LogP contribution in [-0.2, 0) is 10.2 Å². The molecule has 0 bridgehead atoms. The number of carbonyl (C=O) groups excluding carboxylic acids is 1. The minimum absolute atomic E-state index is 0.0105. The molecule has 1 aliphatic rings. The molecule has 0 atom stereocenters. The maximum Gasteiger partial charge on any atom is 0.239 e. The zero-order valence-electron chi connectivity index (χ0n) is 14.0. The molecule has 1 aliphatic carbocycles. The average Bonchev–Trinajstić information content (AvgIpc) is 2.55. The Morgan fingerprint density at radius 1 is 1.27 bits per heavy atom. The summed E-state index contributed by atoms with van der Waals surface area (Å²) in [4.78, 5) is 12.4. The van der Waals surface area contributed by atoms with Crippen molar-refractivity contribution >= 4 is 5.91 Å². The Balaban J connectivity index is 2.15. The third kappa shape index (κ3) is 3.68. The standard InChI is InChI=1S/C18H29N3O/c1-17(2,20-3)16(22)21-13-18(11-9-15(19)10-12-18)14-7-5-4-6-8-14/h4-8,15,20H,9-13,19H2,1-3H3,(H,21,22). The number of nitrogens with one attached hydrogen (secondary N) is 2. The topological polar surface area (TPSA) is 67.2 Å². The van der Waals surface area contributed by atoms with Crippen LogP contribution in [0.25, 0.3) is 0 Å². The van der Waals surface area contributed by atoms with Gasteiger partial charge in [-0.15, -0.1) is 0 Å². The molecule has 0 aliphatic heterocycles. The predicted molar refractivity (Wildman–Crippen MR) is 90.7 cm³/mol. The molecule has 0 aromatic heterocycles. The average molecular weight is 303 g/mol. The van der Waals surface area contributed by atoms with Crippen molar-refractivity contribution in [2.24, 2.45) is 5.73 Å². The predicted octanol–water partition coefficient (Wildman–Crippen LogP) is 1.94. The van der Waals surface area contributed by atoms with Crippen LogP contribution in [0.15, 0.2) is 30.3 Å². The van der Waals surface area contributed by atoms with Crippen molar-refractivity contribution in [2.75, 3.05) is 13.6 Å². The molecular weight excluding hydrogens is 274 g/mol. The van der Waals surface area contributed by atoms with E-state index in [0.29, 0.717) is 12.6 Å². The summed E-state index contributed by atoms with van der Waals surface area (Å²) in [5.41, 5.74) is 6.85. The van der Waals surface area contributed by atoms with Gasteiger partial charge in [-0.2, -0.15) is 0 Å². The van der Waals surface area contributed by atoms with Crippen LogP contribution >= 0.6 is 0 Å². The van der Waals surface area contributed by atoms with Crippen LogP contribution in [-0.4, -0.2) is 31.1 Å². The molecule has 1 amide bonds. The van der Waals surface area contributed by atoms with Gasteiger partial charge in [0.05, 0.1) is 5.54 Å². The first-order chi connectivity index (χ1) is 10.4. The van der Waals surface area contributed by atoms with Gasteiger partial charge in [0.1, 0.15) is 0 Å². The van der Waals surface area contributed by atoms with Crippen LogP contribution in [0, 0.1) is 0 Å². The van der Waals surface area contributed by atoms with Gasteiger partial charge in [0.2, 0.25) is 5.91 Å². The largest absolute Gasteiger partial charge is 0.354 e. The Bertz CT molecular complexity index is 490. The van der Waals surface area contributed by atoms with Crippen LogP contribution in [0.5, 0.6) is 0 Å². The molecule has 4 N–H and O–H groups in total. The van der Waals surface area contributed by atoms with E-state index in [9.17, 15) is 4.79 Å². The monoisotopic (exact) mass is 303 g/mol. The summed E-state index contributed by atoms with van der Waals surface area (Å²) in [6.07, 6.45) is 4.08. The van der Waals surface area contributed by atoms with Gasteiger partial charge in [-0.1, -0.05) is 30.3 Å². The molecular formula is C18H29N3O. The molecule has 4 nitrogen and oxygen atoms in total. The summed E-state index contributed by atoms with van der Waals surface area (Å²) in [5.74, 6) is 0.0418. The first kappa shape index (κ1) is 17.0. The fourth-order valence-corrected chi connectivity index (χ4v) is 3.14. The number of hydrogen-bond acceptors (Lipinski definition) is 3. The second-order valence-electron chi connectivity index (χ2n) is 7.04. The number of hydrogen-bond donors (Lipinski definition) is 3. The Morgan fingerprint density at radius 3 is 2.41 bits per heavy atom. The van der Waals surface area contributed by atoms with Crippen molar-refractivity contribution in [3.63, 3.8) is 0 Å². The lowest BCUT2D eigenvalue weighted by Gasteiger charge is -2.40. The summed E-state index contributed by atoms with van der Waals surface area (Å²) in [5, 5.41) is 6.21. The van der Waals surface area contributed by atoms with Crippen LogP contribution in [0.2, 0.25) is 0 Å². The van der Waals surface area contributed by atoms with Gasteiger partial charge in [-0.25, -0.2) is 0 Å². The van der Waals surface area contributed by atoms with E-state index >= 15 is 0 Å². The highest BCUT2D eigenvalue weighted by Gasteiger charge is 2.37. The number of amides is 1. The fraction of sp³-hybridized carbons (Fsp3) is 0.611. The highest BCUT2D eigenvalue weighted by molar-refractivity contribution is 5.85. The van der Waals surface area contributed by atoms with Gasteiger partial charge in [0.25, 0.3) is 0 Å². The maximum atomic E-state index is 12.4. The van der Waals surface area contributed by atoms with Gasteiger partial charge < -0.3 is 16.4 Å².